The van der Waals surface area contributed by atoms with Gasteiger partial charge in [0.1, 0.15) is 5.82 Å². The summed E-state index contributed by atoms with van der Waals surface area (Å²) < 4.78 is 14.6. The summed E-state index contributed by atoms with van der Waals surface area (Å²) in [7, 11) is 0. The normalized spacial score (nSPS) is 12.5. The lowest BCUT2D eigenvalue weighted by atomic mass is 9.97. The van der Waals surface area contributed by atoms with Gasteiger partial charge in [-0.15, -0.1) is 0 Å². The van der Waals surface area contributed by atoms with Crippen LogP contribution >= 0.6 is 43.5 Å². The van der Waals surface area contributed by atoms with E-state index >= 15 is 0 Å². The number of hydrogen-bond acceptors (Lipinski definition) is 0. The molecule has 1 unspecified atom stereocenters. The third-order valence-corrected chi connectivity index (χ3v) is 5.42. The van der Waals surface area contributed by atoms with Crippen LogP contribution in [0.2, 0.25) is 5.02 Å². The molecule has 0 fully saturated rings. The van der Waals surface area contributed by atoms with Crippen LogP contribution in [0.1, 0.15) is 27.1 Å². The molecule has 2 rings (SSSR count). The molecule has 0 N–H and O–H groups in total. The molecule has 0 amide bonds. The fraction of sp³-hybridized carbons (Fsp3) is 0.200. The maximum atomic E-state index is 14.1. The molecule has 0 aliphatic heterocycles. The quantitative estimate of drug-likeness (QED) is 0.403. The van der Waals surface area contributed by atoms with Crippen molar-refractivity contribution in [2.45, 2.75) is 18.7 Å². The minimum absolute atomic E-state index is 0.210. The standard InChI is InChI=1S/C15H12Br2ClF/c1-8-4-3-5-10(9(8)2)15(17)11-6-13(18)12(16)7-14(11)19/h3-7,15H,1-2H3. The molecule has 0 aliphatic rings. The average molecular weight is 407 g/mol. The first-order valence-electron chi connectivity index (χ1n) is 5.76. The summed E-state index contributed by atoms with van der Waals surface area (Å²) in [5.74, 6) is -0.279. The van der Waals surface area contributed by atoms with Gasteiger partial charge in [-0.2, -0.15) is 0 Å². The van der Waals surface area contributed by atoms with Crippen molar-refractivity contribution in [3.05, 3.63) is 67.9 Å². The first-order valence-corrected chi connectivity index (χ1v) is 7.85. The molecule has 0 saturated heterocycles. The monoisotopic (exact) mass is 404 g/mol. The van der Waals surface area contributed by atoms with Crippen molar-refractivity contribution in [3.8, 4) is 0 Å². The molecule has 4 heteroatoms. The maximum absolute atomic E-state index is 14.1. The molecule has 0 aliphatic carbocycles. The van der Waals surface area contributed by atoms with Gasteiger partial charge in [-0.05, 0) is 58.6 Å². The van der Waals surface area contributed by atoms with Gasteiger partial charge >= 0.3 is 0 Å². The molecule has 19 heavy (non-hydrogen) atoms. The van der Waals surface area contributed by atoms with Crippen LogP contribution in [0.25, 0.3) is 0 Å². The van der Waals surface area contributed by atoms with Gasteiger partial charge in [-0.1, -0.05) is 45.7 Å². The fourth-order valence-electron chi connectivity index (χ4n) is 1.95. The van der Waals surface area contributed by atoms with Crippen LogP contribution in [0.5, 0.6) is 0 Å². The summed E-state index contributed by atoms with van der Waals surface area (Å²) in [6.45, 7) is 4.08. The molecule has 0 nitrogen and oxygen atoms in total. The van der Waals surface area contributed by atoms with Crippen LogP contribution in [0, 0.1) is 19.7 Å². The predicted molar refractivity (Wildman–Crippen MR) is 85.8 cm³/mol. The summed E-state index contributed by atoms with van der Waals surface area (Å²) in [6, 6.07) is 9.07. The summed E-state index contributed by atoms with van der Waals surface area (Å²) in [5, 5.41) is 0.506. The van der Waals surface area contributed by atoms with Crippen molar-refractivity contribution in [1.82, 2.24) is 0 Å². The second-order valence-corrected chi connectivity index (χ2v) is 6.62. The Morgan fingerprint density at radius 3 is 2.53 bits per heavy atom. The number of hydrogen-bond donors (Lipinski definition) is 0. The van der Waals surface area contributed by atoms with Crippen LogP contribution in [0.4, 0.5) is 4.39 Å². The number of halogens is 4. The lowest BCUT2D eigenvalue weighted by molar-refractivity contribution is 0.612. The molecule has 0 radical (unpaired) electrons. The molecule has 0 aromatic heterocycles. The molecule has 0 saturated carbocycles. The van der Waals surface area contributed by atoms with Gasteiger partial charge in [0.25, 0.3) is 0 Å². The van der Waals surface area contributed by atoms with E-state index in [-0.39, 0.29) is 10.6 Å². The van der Waals surface area contributed by atoms with Crippen molar-refractivity contribution in [2.24, 2.45) is 0 Å². The van der Waals surface area contributed by atoms with Gasteiger partial charge < -0.3 is 0 Å². The van der Waals surface area contributed by atoms with Gasteiger partial charge in [0.2, 0.25) is 0 Å². The van der Waals surface area contributed by atoms with Gasteiger partial charge in [0.15, 0.2) is 0 Å². The van der Waals surface area contributed by atoms with E-state index in [1.165, 1.54) is 11.6 Å². The first-order chi connectivity index (χ1) is 8.91. The van der Waals surface area contributed by atoms with Gasteiger partial charge in [-0.3, -0.25) is 0 Å². The van der Waals surface area contributed by atoms with Crippen LogP contribution in [-0.2, 0) is 0 Å². The second kappa shape index (κ2) is 5.94. The first kappa shape index (κ1) is 15.0. The van der Waals surface area contributed by atoms with E-state index < -0.39 is 0 Å². The second-order valence-electron chi connectivity index (χ2n) is 4.44. The van der Waals surface area contributed by atoms with E-state index in [4.69, 9.17) is 11.6 Å². The predicted octanol–water partition coefficient (Wildman–Crippen LogP) is 6.34. The Kier molecular flexibility index (Phi) is 4.70. The summed E-state index contributed by atoms with van der Waals surface area (Å²) >= 11 is 12.9. The van der Waals surface area contributed by atoms with Crippen LogP contribution < -0.4 is 0 Å². The van der Waals surface area contributed by atoms with E-state index in [2.05, 4.69) is 31.9 Å². The zero-order valence-electron chi connectivity index (χ0n) is 10.5. The molecule has 2 aromatic rings. The van der Waals surface area contributed by atoms with E-state index in [9.17, 15) is 4.39 Å². The lowest BCUT2D eigenvalue weighted by Gasteiger charge is -2.16. The number of benzene rings is 2. The van der Waals surface area contributed by atoms with Crippen LogP contribution in [0.3, 0.4) is 0 Å². The zero-order valence-corrected chi connectivity index (χ0v) is 14.4. The highest BCUT2D eigenvalue weighted by molar-refractivity contribution is 9.10. The smallest absolute Gasteiger partial charge is 0.129 e. The topological polar surface area (TPSA) is 0 Å². The highest BCUT2D eigenvalue weighted by atomic mass is 79.9. The van der Waals surface area contributed by atoms with Gasteiger partial charge in [0, 0.05) is 10.0 Å². The molecule has 0 spiro atoms. The van der Waals surface area contributed by atoms with Gasteiger partial charge in [0.05, 0.1) is 9.85 Å². The van der Waals surface area contributed by atoms with Crippen LogP contribution in [-0.4, -0.2) is 0 Å². The Morgan fingerprint density at radius 2 is 1.84 bits per heavy atom. The molecule has 2 aromatic carbocycles. The average Bonchev–Trinajstić information content (AvgIpc) is 2.36. The summed E-state index contributed by atoms with van der Waals surface area (Å²) in [6.07, 6.45) is 0. The highest BCUT2D eigenvalue weighted by Gasteiger charge is 2.18. The van der Waals surface area contributed by atoms with E-state index in [0.717, 1.165) is 11.1 Å². The minimum Gasteiger partial charge on any atom is -0.207 e. The van der Waals surface area contributed by atoms with Crippen molar-refractivity contribution in [2.75, 3.05) is 0 Å². The SMILES string of the molecule is Cc1cccc(C(Br)c2cc(Cl)c(Br)cc2F)c1C. The van der Waals surface area contributed by atoms with Crippen LogP contribution in [0.15, 0.2) is 34.8 Å². The molecule has 100 valence electrons. The molecule has 0 heterocycles. The summed E-state index contributed by atoms with van der Waals surface area (Å²) in [5.41, 5.74) is 3.94. The third-order valence-electron chi connectivity index (χ3n) is 3.23. The van der Waals surface area contributed by atoms with Gasteiger partial charge in [-0.25, -0.2) is 4.39 Å². The number of rotatable bonds is 2. The van der Waals surface area contributed by atoms with Crippen molar-refractivity contribution in [3.63, 3.8) is 0 Å². The number of alkyl halides is 1. The lowest BCUT2D eigenvalue weighted by Crippen LogP contribution is -2.00. The molecular formula is C15H12Br2ClF. The van der Waals surface area contributed by atoms with E-state index in [1.54, 1.807) is 6.07 Å². The molecule has 0 bridgehead atoms. The molecule has 1 atom stereocenters. The summed E-state index contributed by atoms with van der Waals surface area (Å²) in [4.78, 5) is -0.210. The van der Waals surface area contributed by atoms with Crippen molar-refractivity contribution in [1.29, 1.82) is 0 Å². The largest absolute Gasteiger partial charge is 0.207 e. The fourth-order valence-corrected chi connectivity index (χ4v) is 3.28. The Balaban J connectivity index is 2.53. The van der Waals surface area contributed by atoms with Crippen molar-refractivity contribution >= 4 is 43.5 Å². The Morgan fingerprint density at radius 1 is 1.16 bits per heavy atom. The van der Waals surface area contributed by atoms with E-state index in [0.29, 0.717) is 15.1 Å². The maximum Gasteiger partial charge on any atom is 0.129 e. The third kappa shape index (κ3) is 3.04. The zero-order chi connectivity index (χ0) is 14.2. The van der Waals surface area contributed by atoms with E-state index in [1.807, 2.05) is 32.0 Å². The Labute approximate surface area is 134 Å². The number of aryl methyl sites for hydroxylation is 1. The Hall–Kier alpha value is -0.380. The minimum atomic E-state index is -0.279. The Bertz CT molecular complexity index is 626. The molecular weight excluding hydrogens is 394 g/mol. The highest BCUT2D eigenvalue weighted by Crippen LogP contribution is 2.38. The van der Waals surface area contributed by atoms with Crippen molar-refractivity contribution < 1.29 is 4.39 Å².